The van der Waals surface area contributed by atoms with Crippen LogP contribution in [0.25, 0.3) is 0 Å². The quantitative estimate of drug-likeness (QED) is 0.645. The fraction of sp³-hybridized carbons (Fsp3) is 0.684. The van der Waals surface area contributed by atoms with Crippen molar-refractivity contribution in [2.75, 3.05) is 6.54 Å². The van der Waals surface area contributed by atoms with E-state index in [1.54, 1.807) is 6.92 Å². The Morgan fingerprint density at radius 2 is 2.09 bits per heavy atom. The number of phenolic OH excluding ortho intramolecular Hbond substituents is 1. The molecule has 0 spiro atoms. The average Bonchev–Trinajstić information content (AvgIpc) is 2.43. The van der Waals surface area contributed by atoms with E-state index in [2.05, 4.69) is 32.2 Å². The molecule has 1 aromatic carbocycles. The molecular formula is C19H31NO2S. The van der Waals surface area contributed by atoms with Gasteiger partial charge in [0.2, 0.25) is 0 Å². The van der Waals surface area contributed by atoms with Crippen LogP contribution in [0.2, 0.25) is 0 Å². The predicted octanol–water partition coefficient (Wildman–Crippen LogP) is 4.41. The lowest BCUT2D eigenvalue weighted by Crippen LogP contribution is -2.35. The number of hydrogen-bond donors (Lipinski definition) is 3. The van der Waals surface area contributed by atoms with Crippen molar-refractivity contribution in [3.8, 4) is 5.75 Å². The smallest absolute Gasteiger partial charge is 0.121 e. The summed E-state index contributed by atoms with van der Waals surface area (Å²) < 4.78 is 0.123. The largest absolute Gasteiger partial charge is 0.508 e. The first-order valence-electron chi connectivity index (χ1n) is 8.78. The fourth-order valence-corrected chi connectivity index (χ4v) is 4.66. The number of hydrogen-bond acceptors (Lipinski definition) is 4. The van der Waals surface area contributed by atoms with E-state index in [4.69, 9.17) is 0 Å². The first-order chi connectivity index (χ1) is 10.8. The molecule has 3 nitrogen and oxygen atoms in total. The van der Waals surface area contributed by atoms with Crippen LogP contribution in [0.1, 0.15) is 70.5 Å². The van der Waals surface area contributed by atoms with Crippen LogP contribution in [0.15, 0.2) is 17.0 Å². The monoisotopic (exact) mass is 337 g/mol. The van der Waals surface area contributed by atoms with Crippen LogP contribution in [0, 0.1) is 0 Å². The lowest BCUT2D eigenvalue weighted by Gasteiger charge is -2.37. The Hall–Kier alpha value is -0.710. The van der Waals surface area contributed by atoms with Gasteiger partial charge >= 0.3 is 0 Å². The molecule has 1 heterocycles. The molecule has 0 radical (unpaired) electrons. The summed E-state index contributed by atoms with van der Waals surface area (Å²) >= 11 is 1.86. The van der Waals surface area contributed by atoms with E-state index in [-0.39, 0.29) is 16.9 Å². The van der Waals surface area contributed by atoms with Gasteiger partial charge in [-0.1, -0.05) is 33.6 Å². The highest BCUT2D eigenvalue weighted by Gasteiger charge is 2.35. The van der Waals surface area contributed by atoms with Crippen molar-refractivity contribution in [3.05, 3.63) is 23.3 Å². The van der Waals surface area contributed by atoms with E-state index in [9.17, 15) is 10.2 Å². The maximum Gasteiger partial charge on any atom is 0.121 e. The Kier molecular flexibility index (Phi) is 6.40. The Balaban J connectivity index is 2.25. The molecule has 0 bridgehead atoms. The van der Waals surface area contributed by atoms with Crippen LogP contribution < -0.4 is 5.32 Å². The number of phenols is 1. The molecule has 23 heavy (non-hydrogen) atoms. The van der Waals surface area contributed by atoms with E-state index in [1.807, 2.05) is 17.8 Å². The molecule has 0 fully saturated rings. The van der Waals surface area contributed by atoms with Crippen LogP contribution in [0.5, 0.6) is 5.75 Å². The highest BCUT2D eigenvalue weighted by molar-refractivity contribution is 8.00. The molecule has 0 aliphatic carbocycles. The molecule has 2 atom stereocenters. The summed E-state index contributed by atoms with van der Waals surface area (Å²) in [5, 5.41) is 23.6. The molecular weight excluding hydrogens is 306 g/mol. The Labute approximate surface area is 144 Å². The van der Waals surface area contributed by atoms with Crippen molar-refractivity contribution in [3.63, 3.8) is 0 Å². The Bertz CT molecular complexity index is 528. The van der Waals surface area contributed by atoms with E-state index in [0.29, 0.717) is 12.3 Å². The zero-order chi connectivity index (χ0) is 17.0. The van der Waals surface area contributed by atoms with Gasteiger partial charge in [-0.15, -0.1) is 11.8 Å². The first kappa shape index (κ1) is 18.6. The number of thioether (sulfide) groups is 1. The van der Waals surface area contributed by atoms with Crippen molar-refractivity contribution in [1.29, 1.82) is 0 Å². The maximum absolute atomic E-state index is 10.6. The van der Waals surface area contributed by atoms with Crippen molar-refractivity contribution >= 4 is 11.8 Å². The molecule has 1 aromatic rings. The topological polar surface area (TPSA) is 52.5 Å². The second-order valence-corrected chi connectivity index (χ2v) is 9.11. The first-order valence-corrected chi connectivity index (χ1v) is 9.60. The van der Waals surface area contributed by atoms with Crippen LogP contribution in [-0.2, 0) is 6.42 Å². The van der Waals surface area contributed by atoms with E-state index in [0.717, 1.165) is 18.4 Å². The number of benzene rings is 1. The van der Waals surface area contributed by atoms with Crippen molar-refractivity contribution in [2.45, 2.75) is 81.6 Å². The lowest BCUT2D eigenvalue weighted by molar-refractivity contribution is 0.183. The fourth-order valence-electron chi connectivity index (χ4n) is 3.25. The number of aliphatic hydroxyl groups is 1. The minimum absolute atomic E-state index is 0.0977. The second-order valence-electron chi connectivity index (χ2n) is 7.36. The summed E-state index contributed by atoms with van der Waals surface area (Å²) in [6.07, 6.45) is 5.21. The number of unbranched alkanes of at least 4 members (excludes halogenated alkanes) is 2. The highest BCUT2D eigenvalue weighted by Crippen LogP contribution is 2.50. The van der Waals surface area contributed by atoms with Crippen LogP contribution in [-0.4, -0.2) is 27.6 Å². The van der Waals surface area contributed by atoms with Gasteiger partial charge < -0.3 is 15.5 Å². The summed E-state index contributed by atoms with van der Waals surface area (Å²) in [7, 11) is 0. The van der Waals surface area contributed by atoms with Gasteiger partial charge in [-0.05, 0) is 43.9 Å². The van der Waals surface area contributed by atoms with Crippen molar-refractivity contribution < 1.29 is 10.2 Å². The second kappa shape index (κ2) is 7.91. The van der Waals surface area contributed by atoms with Crippen LogP contribution in [0.3, 0.4) is 0 Å². The number of nitrogens with one attached hydrogen (secondary N) is 1. The number of aliphatic hydroxyl groups excluding tert-OH is 1. The molecule has 0 saturated carbocycles. The predicted molar refractivity (Wildman–Crippen MR) is 98.3 cm³/mol. The van der Waals surface area contributed by atoms with Gasteiger partial charge in [-0.25, -0.2) is 0 Å². The minimum atomic E-state index is -0.383. The van der Waals surface area contributed by atoms with Gasteiger partial charge in [0.15, 0.2) is 0 Å². The summed E-state index contributed by atoms with van der Waals surface area (Å²) in [6, 6.07) is 4.29. The molecule has 2 rings (SSSR count). The minimum Gasteiger partial charge on any atom is -0.508 e. The zero-order valence-corrected chi connectivity index (χ0v) is 15.7. The van der Waals surface area contributed by atoms with Crippen molar-refractivity contribution in [1.82, 2.24) is 5.32 Å². The molecule has 4 heteroatoms. The number of aromatic hydroxyl groups is 1. The highest BCUT2D eigenvalue weighted by atomic mass is 32.2. The lowest BCUT2D eigenvalue weighted by atomic mass is 9.93. The van der Waals surface area contributed by atoms with E-state index in [1.165, 1.54) is 29.7 Å². The third-order valence-corrected chi connectivity index (χ3v) is 5.62. The third-order valence-electron chi connectivity index (χ3n) is 4.34. The molecule has 1 aliphatic heterocycles. The maximum atomic E-state index is 10.6. The van der Waals surface area contributed by atoms with Gasteiger partial charge in [0.25, 0.3) is 0 Å². The van der Waals surface area contributed by atoms with E-state index >= 15 is 0 Å². The van der Waals surface area contributed by atoms with E-state index < -0.39 is 0 Å². The SMILES string of the molecule is CCCCCc1cc(O)c2c(c1)SC(C)(C)C[C@H]2NCC(C)O. The molecule has 1 unspecified atom stereocenters. The number of aryl methyl sites for hydroxylation is 1. The summed E-state index contributed by atoms with van der Waals surface area (Å²) in [5.41, 5.74) is 2.24. The summed E-state index contributed by atoms with van der Waals surface area (Å²) in [4.78, 5) is 1.19. The number of rotatable bonds is 7. The summed E-state index contributed by atoms with van der Waals surface area (Å²) in [6.45, 7) is 9.04. The Morgan fingerprint density at radius 3 is 2.74 bits per heavy atom. The van der Waals surface area contributed by atoms with Gasteiger partial charge in [-0.2, -0.15) is 0 Å². The normalized spacial score (nSPS) is 21.0. The van der Waals surface area contributed by atoms with Crippen LogP contribution >= 0.6 is 11.8 Å². The van der Waals surface area contributed by atoms with Gasteiger partial charge in [0.1, 0.15) is 5.75 Å². The Morgan fingerprint density at radius 1 is 1.35 bits per heavy atom. The average molecular weight is 338 g/mol. The van der Waals surface area contributed by atoms with Gasteiger partial charge in [0.05, 0.1) is 6.10 Å². The number of fused-ring (bicyclic) bond motifs is 1. The molecule has 1 aliphatic rings. The zero-order valence-electron chi connectivity index (χ0n) is 14.9. The van der Waals surface area contributed by atoms with Crippen molar-refractivity contribution in [2.24, 2.45) is 0 Å². The third kappa shape index (κ3) is 5.13. The summed E-state index contributed by atoms with van der Waals surface area (Å²) in [5.74, 6) is 0.403. The van der Waals surface area contributed by atoms with Crippen LogP contribution in [0.4, 0.5) is 0 Å². The molecule has 0 amide bonds. The van der Waals surface area contributed by atoms with Gasteiger partial charge in [-0.3, -0.25) is 0 Å². The molecule has 3 N–H and O–H groups in total. The molecule has 0 saturated heterocycles. The van der Waals surface area contributed by atoms with Gasteiger partial charge in [0, 0.05) is 27.8 Å². The molecule has 130 valence electrons. The molecule has 0 aromatic heterocycles. The standard InChI is InChI=1S/C19H31NO2S/c1-5-6-7-8-14-9-16(22)18-15(20-12-13(2)21)11-19(3,4)23-17(18)10-14/h9-10,13,15,20-22H,5-8,11-12H2,1-4H3/t13?,15-/m1/s1.